The van der Waals surface area contributed by atoms with Crippen LogP contribution in [0.15, 0.2) is 34.2 Å². The Kier molecular flexibility index (Phi) is 3.65. The molecule has 0 aliphatic rings. The van der Waals surface area contributed by atoms with Crippen LogP contribution in [0.3, 0.4) is 0 Å². The van der Waals surface area contributed by atoms with Gasteiger partial charge in [0.15, 0.2) is 5.16 Å². The summed E-state index contributed by atoms with van der Waals surface area (Å²) in [6.07, 6.45) is 1.77. The van der Waals surface area contributed by atoms with Crippen molar-refractivity contribution in [1.82, 2.24) is 9.97 Å². The molecule has 19 heavy (non-hydrogen) atoms. The standard InChI is InChI=1S/C13H8N4OS/c1-19-13-16-11(10(7-15)12(18)17-13)9-5-3-2-4-8(9)6-14/h2-5H,1H3,(H,16,17,18). The number of hydrogen-bond acceptors (Lipinski definition) is 5. The molecule has 0 atom stereocenters. The first kappa shape index (κ1) is 12.9. The van der Waals surface area contributed by atoms with E-state index in [2.05, 4.69) is 9.97 Å². The Bertz CT molecular complexity index is 767. The maximum atomic E-state index is 11.8. The third-order valence-corrected chi connectivity index (χ3v) is 3.09. The molecule has 6 heteroatoms. The average molecular weight is 268 g/mol. The number of nitrogens with one attached hydrogen (secondary N) is 1. The lowest BCUT2D eigenvalue weighted by atomic mass is 10.0. The van der Waals surface area contributed by atoms with Gasteiger partial charge in [0.25, 0.3) is 5.56 Å². The van der Waals surface area contributed by atoms with Crippen molar-refractivity contribution in [2.75, 3.05) is 6.26 Å². The minimum Gasteiger partial charge on any atom is -0.300 e. The number of hydrogen-bond donors (Lipinski definition) is 1. The van der Waals surface area contributed by atoms with Crippen LogP contribution >= 0.6 is 11.8 Å². The van der Waals surface area contributed by atoms with Crippen LogP contribution in [0.5, 0.6) is 0 Å². The quantitative estimate of drug-likeness (QED) is 0.663. The van der Waals surface area contributed by atoms with Gasteiger partial charge in [0.2, 0.25) is 0 Å². The largest absolute Gasteiger partial charge is 0.300 e. The van der Waals surface area contributed by atoms with Crippen molar-refractivity contribution in [2.45, 2.75) is 5.16 Å². The second kappa shape index (κ2) is 5.38. The van der Waals surface area contributed by atoms with Crippen LogP contribution in [0.25, 0.3) is 11.3 Å². The SMILES string of the molecule is CSc1nc(-c2ccccc2C#N)c(C#N)c(=O)[nH]1. The summed E-state index contributed by atoms with van der Waals surface area (Å²) in [5.74, 6) is 0. The van der Waals surface area contributed by atoms with Crippen LogP contribution in [0, 0.1) is 22.7 Å². The molecule has 0 saturated carbocycles. The minimum absolute atomic E-state index is 0.0829. The lowest BCUT2D eigenvalue weighted by Gasteiger charge is -2.06. The molecule has 2 rings (SSSR count). The van der Waals surface area contributed by atoms with E-state index < -0.39 is 5.56 Å². The number of aromatic nitrogens is 2. The first-order valence-electron chi connectivity index (χ1n) is 5.29. The predicted octanol–water partition coefficient (Wildman–Crippen LogP) is 1.90. The smallest absolute Gasteiger partial charge is 0.270 e. The van der Waals surface area contributed by atoms with Crippen molar-refractivity contribution in [1.29, 1.82) is 10.5 Å². The van der Waals surface area contributed by atoms with Gasteiger partial charge in [0.1, 0.15) is 11.6 Å². The predicted molar refractivity (Wildman–Crippen MR) is 71.5 cm³/mol. The molecule has 2 aromatic rings. The maximum absolute atomic E-state index is 11.8. The molecule has 0 fully saturated rings. The number of nitriles is 2. The maximum Gasteiger partial charge on any atom is 0.270 e. The van der Waals surface area contributed by atoms with Crippen molar-refractivity contribution in [3.63, 3.8) is 0 Å². The van der Waals surface area contributed by atoms with E-state index in [0.29, 0.717) is 16.3 Å². The fourth-order valence-corrected chi connectivity index (χ4v) is 2.01. The Morgan fingerprint density at radius 2 is 2.00 bits per heavy atom. The van der Waals surface area contributed by atoms with E-state index >= 15 is 0 Å². The van der Waals surface area contributed by atoms with Gasteiger partial charge in [-0.05, 0) is 12.3 Å². The average Bonchev–Trinajstić information content (AvgIpc) is 2.46. The molecule has 0 aliphatic heterocycles. The molecule has 0 radical (unpaired) electrons. The molecule has 0 aliphatic carbocycles. The van der Waals surface area contributed by atoms with E-state index in [1.807, 2.05) is 12.1 Å². The fourth-order valence-electron chi connectivity index (χ4n) is 1.63. The van der Waals surface area contributed by atoms with Crippen molar-refractivity contribution in [3.05, 3.63) is 45.7 Å². The van der Waals surface area contributed by atoms with Gasteiger partial charge in [-0.2, -0.15) is 10.5 Å². The first-order chi connectivity index (χ1) is 9.21. The van der Waals surface area contributed by atoms with Crippen LogP contribution in [-0.4, -0.2) is 16.2 Å². The van der Waals surface area contributed by atoms with E-state index in [1.165, 1.54) is 11.8 Å². The highest BCUT2D eigenvalue weighted by atomic mass is 32.2. The van der Waals surface area contributed by atoms with Crippen LogP contribution in [0.2, 0.25) is 0 Å². The summed E-state index contributed by atoms with van der Waals surface area (Å²) in [4.78, 5) is 18.6. The molecule has 92 valence electrons. The van der Waals surface area contributed by atoms with Crippen molar-refractivity contribution in [2.24, 2.45) is 0 Å². The van der Waals surface area contributed by atoms with E-state index in [1.54, 1.807) is 30.5 Å². The molecule has 1 aromatic heterocycles. The Morgan fingerprint density at radius 1 is 1.26 bits per heavy atom. The highest BCUT2D eigenvalue weighted by molar-refractivity contribution is 7.98. The topological polar surface area (TPSA) is 93.3 Å². The number of aromatic amines is 1. The molecule has 1 aromatic carbocycles. The molecule has 5 nitrogen and oxygen atoms in total. The summed E-state index contributed by atoms with van der Waals surface area (Å²) in [7, 11) is 0. The molecule has 0 amide bonds. The van der Waals surface area contributed by atoms with E-state index in [-0.39, 0.29) is 11.3 Å². The summed E-state index contributed by atoms with van der Waals surface area (Å²) in [5.41, 5.74) is 0.532. The normalized spacial score (nSPS) is 9.63. The molecule has 0 bridgehead atoms. The molecule has 0 spiro atoms. The second-order valence-electron chi connectivity index (χ2n) is 3.57. The second-order valence-corrected chi connectivity index (χ2v) is 4.36. The Morgan fingerprint density at radius 3 is 2.63 bits per heavy atom. The molecule has 1 heterocycles. The lowest BCUT2D eigenvalue weighted by Crippen LogP contribution is -2.14. The third kappa shape index (κ3) is 2.35. The van der Waals surface area contributed by atoms with Crippen LogP contribution in [0.1, 0.15) is 11.1 Å². The van der Waals surface area contributed by atoms with Crippen molar-refractivity contribution >= 4 is 11.8 Å². The molecule has 1 N–H and O–H groups in total. The van der Waals surface area contributed by atoms with Gasteiger partial charge in [0, 0.05) is 5.56 Å². The number of thioether (sulfide) groups is 1. The number of benzene rings is 1. The lowest BCUT2D eigenvalue weighted by molar-refractivity contribution is 0.937. The monoisotopic (exact) mass is 268 g/mol. The summed E-state index contributed by atoms with van der Waals surface area (Å²) >= 11 is 1.27. The van der Waals surface area contributed by atoms with E-state index in [4.69, 9.17) is 10.5 Å². The summed E-state index contributed by atoms with van der Waals surface area (Å²) in [5, 5.41) is 18.6. The molecule has 0 saturated heterocycles. The zero-order valence-corrected chi connectivity index (χ0v) is 10.8. The number of rotatable bonds is 2. The Labute approximate surface area is 113 Å². The fraction of sp³-hybridized carbons (Fsp3) is 0.0769. The van der Waals surface area contributed by atoms with Gasteiger partial charge < -0.3 is 4.98 Å². The third-order valence-electron chi connectivity index (χ3n) is 2.51. The summed E-state index contributed by atoms with van der Waals surface area (Å²) < 4.78 is 0. The van der Waals surface area contributed by atoms with Gasteiger partial charge in [-0.3, -0.25) is 4.79 Å². The van der Waals surface area contributed by atoms with Crippen molar-refractivity contribution in [3.8, 4) is 23.4 Å². The minimum atomic E-state index is -0.496. The zero-order valence-electron chi connectivity index (χ0n) is 9.97. The van der Waals surface area contributed by atoms with E-state index in [9.17, 15) is 4.79 Å². The van der Waals surface area contributed by atoms with Gasteiger partial charge >= 0.3 is 0 Å². The van der Waals surface area contributed by atoms with Gasteiger partial charge in [-0.25, -0.2) is 4.98 Å². The van der Waals surface area contributed by atoms with Crippen LogP contribution < -0.4 is 5.56 Å². The zero-order chi connectivity index (χ0) is 13.8. The van der Waals surface area contributed by atoms with Crippen molar-refractivity contribution < 1.29 is 0 Å². The number of H-pyrrole nitrogens is 1. The number of nitrogens with zero attached hydrogens (tertiary/aromatic N) is 3. The summed E-state index contributed by atoms with van der Waals surface area (Å²) in [6, 6.07) is 10.6. The van der Waals surface area contributed by atoms with Crippen LogP contribution in [-0.2, 0) is 0 Å². The Hall–Kier alpha value is -2.57. The molecular formula is C13H8N4OS. The molecule has 0 unspecified atom stereocenters. The highest BCUT2D eigenvalue weighted by Gasteiger charge is 2.15. The van der Waals surface area contributed by atoms with Gasteiger partial charge in [0.05, 0.1) is 17.3 Å². The van der Waals surface area contributed by atoms with E-state index in [0.717, 1.165) is 0 Å². The first-order valence-corrected chi connectivity index (χ1v) is 6.51. The molecular weight excluding hydrogens is 260 g/mol. The van der Waals surface area contributed by atoms with Gasteiger partial charge in [-0.1, -0.05) is 30.0 Å². The Balaban J connectivity index is 2.82. The van der Waals surface area contributed by atoms with Crippen LogP contribution in [0.4, 0.5) is 0 Å². The highest BCUT2D eigenvalue weighted by Crippen LogP contribution is 2.24. The summed E-state index contributed by atoms with van der Waals surface area (Å²) in [6.45, 7) is 0. The van der Waals surface area contributed by atoms with Gasteiger partial charge in [-0.15, -0.1) is 0 Å².